The van der Waals surface area contributed by atoms with Gasteiger partial charge in [0.15, 0.2) is 11.0 Å². The molecule has 1 amide bonds. The van der Waals surface area contributed by atoms with Gasteiger partial charge in [-0.2, -0.15) is 10.2 Å². The molecule has 20 nitrogen and oxygen atoms in total. The van der Waals surface area contributed by atoms with Crippen LogP contribution in [0, 0.1) is 7.43 Å². The average Bonchev–Trinajstić information content (AvgIpc) is 3.73. The topological polar surface area (TPSA) is 286 Å². The molecule has 0 aliphatic rings. The van der Waals surface area contributed by atoms with Crippen LogP contribution >= 0.6 is 11.6 Å². The van der Waals surface area contributed by atoms with E-state index in [0.717, 1.165) is 37.8 Å². The molecule has 5 N–H and O–H groups in total. The summed E-state index contributed by atoms with van der Waals surface area (Å²) in [6.07, 6.45) is 5.39. The summed E-state index contributed by atoms with van der Waals surface area (Å²) in [4.78, 5) is 60.8. The molecule has 357 valence electrons. The zero-order valence-electron chi connectivity index (χ0n) is 37.7. The molecule has 0 aliphatic heterocycles. The van der Waals surface area contributed by atoms with Gasteiger partial charge in [-0.3, -0.25) is 19.0 Å². The standard InChI is InChI=1S/C20H25N5O5S.C15H17N5O3S.C5H9ClO2.CH3.W.Y/c1-4-6-11-30-20(27)24-31(28,29)14-10-7-9-13(12-14)18-21-16-15(8-5-2)23-25(3)17(16)19(26)22-18;1-3-5-11-12-13(20(2)19-11)15(21)18-14(17-12)9-6-4-7-10(8-9)24(16,22)23;1-2-3-4-8-5(6)7;;;/h7,9-10,12H,4-6,8,11H2,1-3H3,(H,24,27)(H,21,22,26);4,6-8H,3,5H2,1-2H3,(H2,16,22,23)(H,17,18,21);2-4H2,1H3;1H3;;/q;;;-1;;. The molecule has 0 saturated carbocycles. The summed E-state index contributed by atoms with van der Waals surface area (Å²) in [6, 6.07) is 11.8. The van der Waals surface area contributed by atoms with Crippen LogP contribution in [0.1, 0.15) is 77.6 Å². The number of hydrogen-bond acceptors (Lipinski definition) is 14. The molecule has 25 heteroatoms. The number of hydrogen-bond donors (Lipinski definition) is 4. The third kappa shape index (κ3) is 16.3. The van der Waals surface area contributed by atoms with E-state index in [1.165, 1.54) is 39.7 Å². The number of sulfonamides is 2. The van der Waals surface area contributed by atoms with Gasteiger partial charge in [-0.25, -0.2) is 46.3 Å². The Kier molecular flexibility index (Phi) is 25.0. The van der Waals surface area contributed by atoms with E-state index in [1.54, 1.807) is 32.3 Å². The Balaban J connectivity index is 0.000000555. The number of nitrogens with one attached hydrogen (secondary N) is 3. The van der Waals surface area contributed by atoms with E-state index in [2.05, 4.69) is 34.9 Å². The first-order valence-electron chi connectivity index (χ1n) is 20.0. The van der Waals surface area contributed by atoms with Crippen molar-refractivity contribution in [2.75, 3.05) is 13.2 Å². The summed E-state index contributed by atoms with van der Waals surface area (Å²) in [5.41, 5.74) is 2.64. The number of nitrogens with zero attached hydrogens (tertiary/aromatic N) is 6. The Bertz CT molecular complexity index is 2930. The first-order valence-corrected chi connectivity index (χ1v) is 23.4. The fraction of sp³-hybridized carbons (Fsp3) is 0.390. The maximum atomic E-state index is 12.6. The summed E-state index contributed by atoms with van der Waals surface area (Å²) in [5, 5.41) is 13.9. The van der Waals surface area contributed by atoms with Gasteiger partial charge in [-0.1, -0.05) is 77.6 Å². The van der Waals surface area contributed by atoms with Crippen LogP contribution in [0.2, 0.25) is 0 Å². The number of ether oxygens (including phenoxy) is 2. The zero-order chi connectivity index (χ0) is 46.5. The van der Waals surface area contributed by atoms with Crippen LogP contribution < -0.4 is 21.0 Å². The molecule has 2 aromatic carbocycles. The average molecular weight is 1220 g/mol. The van der Waals surface area contributed by atoms with E-state index in [0.29, 0.717) is 64.8 Å². The summed E-state index contributed by atoms with van der Waals surface area (Å²) in [7, 11) is -4.62. The molecule has 6 aromatic rings. The molecular weight excluding hydrogens is 1160 g/mol. The molecule has 4 heterocycles. The second kappa shape index (κ2) is 27.6. The quantitative estimate of drug-likeness (QED) is 0.0520. The van der Waals surface area contributed by atoms with Crippen LogP contribution in [0.25, 0.3) is 44.8 Å². The van der Waals surface area contributed by atoms with E-state index in [-0.39, 0.29) is 100 Å². The van der Waals surface area contributed by atoms with Gasteiger partial charge in [0.05, 0.1) is 34.4 Å². The normalized spacial score (nSPS) is 10.8. The van der Waals surface area contributed by atoms with E-state index in [1.807, 2.05) is 32.4 Å². The minimum absolute atomic E-state index is 0. The molecule has 0 aliphatic carbocycles. The van der Waals surface area contributed by atoms with Gasteiger partial charge in [0, 0.05) is 90.6 Å². The minimum Gasteiger partial charge on any atom is -0.454 e. The Hall–Kier alpha value is -4.18. The summed E-state index contributed by atoms with van der Waals surface area (Å²) in [6.45, 7) is 8.54. The number of carbonyl (C=O) groups is 2. The van der Waals surface area contributed by atoms with Crippen molar-refractivity contribution in [1.29, 1.82) is 0 Å². The number of nitrogens with two attached hydrogens (primary N) is 1. The Morgan fingerprint density at radius 3 is 1.56 bits per heavy atom. The zero-order valence-corrected chi connectivity index (χ0v) is 45.9. The number of carbonyl (C=O) groups excluding carboxylic acids is 2. The molecule has 4 aromatic heterocycles. The molecule has 1 radical (unpaired) electrons. The van der Waals surface area contributed by atoms with Crippen molar-refractivity contribution < 1.29 is 89.7 Å². The minimum atomic E-state index is -4.15. The van der Waals surface area contributed by atoms with Crippen LogP contribution in [0.5, 0.6) is 0 Å². The van der Waals surface area contributed by atoms with Crippen molar-refractivity contribution in [2.45, 2.75) is 88.9 Å². The van der Waals surface area contributed by atoms with Crippen molar-refractivity contribution in [3.63, 3.8) is 0 Å². The van der Waals surface area contributed by atoms with Gasteiger partial charge in [0.1, 0.15) is 22.7 Å². The van der Waals surface area contributed by atoms with Gasteiger partial charge >= 0.3 is 11.5 Å². The van der Waals surface area contributed by atoms with Gasteiger partial charge in [0.2, 0.25) is 10.0 Å². The van der Waals surface area contributed by atoms with Crippen molar-refractivity contribution in [3.05, 3.63) is 88.1 Å². The Labute approximate surface area is 427 Å². The third-order valence-corrected chi connectivity index (χ3v) is 11.3. The monoisotopic (exact) mass is 1220 g/mol. The number of aromatic amines is 2. The van der Waals surface area contributed by atoms with Crippen LogP contribution in [0.3, 0.4) is 0 Å². The molecule has 0 saturated heterocycles. The molecule has 6 rings (SSSR count). The number of benzene rings is 2. The predicted octanol–water partition coefficient (Wildman–Crippen LogP) is 6.02. The van der Waals surface area contributed by atoms with Crippen LogP contribution in [0.15, 0.2) is 67.9 Å². The Morgan fingerprint density at radius 2 is 1.15 bits per heavy atom. The number of fused-ring (bicyclic) bond motifs is 2. The summed E-state index contributed by atoms with van der Waals surface area (Å²) in [5.74, 6) is 0.494. The second-order valence-electron chi connectivity index (χ2n) is 14.0. The number of primary sulfonamides is 1. The summed E-state index contributed by atoms with van der Waals surface area (Å²) < 4.78 is 62.3. The predicted molar refractivity (Wildman–Crippen MR) is 244 cm³/mol. The van der Waals surface area contributed by atoms with Gasteiger partial charge in [-0.05, 0) is 49.9 Å². The molecule has 0 bridgehead atoms. The first kappa shape index (κ1) is 59.8. The van der Waals surface area contributed by atoms with E-state index in [4.69, 9.17) is 21.5 Å². The molecule has 0 unspecified atom stereocenters. The van der Waals surface area contributed by atoms with Gasteiger partial charge in [0.25, 0.3) is 21.1 Å². The van der Waals surface area contributed by atoms with E-state index < -0.39 is 31.6 Å². The molecule has 0 fully saturated rings. The smallest absolute Gasteiger partial charge is 0.421 e. The van der Waals surface area contributed by atoms with Crippen LogP contribution in [-0.4, -0.2) is 81.1 Å². The summed E-state index contributed by atoms with van der Waals surface area (Å²) >= 11 is 4.85. The third-order valence-electron chi connectivity index (χ3n) is 9.01. The van der Waals surface area contributed by atoms with Crippen molar-refractivity contribution >= 4 is 65.2 Å². The van der Waals surface area contributed by atoms with Crippen molar-refractivity contribution in [1.82, 2.24) is 44.2 Å². The van der Waals surface area contributed by atoms with Crippen molar-refractivity contribution in [3.8, 4) is 22.8 Å². The number of halogens is 1. The van der Waals surface area contributed by atoms with E-state index >= 15 is 0 Å². The van der Waals surface area contributed by atoms with E-state index in [9.17, 15) is 36.0 Å². The van der Waals surface area contributed by atoms with Crippen molar-refractivity contribution in [2.24, 2.45) is 19.2 Å². The first-order chi connectivity index (χ1) is 29.8. The maximum Gasteiger partial charge on any atom is 0.421 e. The molecular formula is C41H54ClN10O10S2WY-. The number of amides is 1. The molecule has 0 atom stereocenters. The molecule has 0 spiro atoms. The number of H-pyrrole nitrogens is 2. The second-order valence-corrected chi connectivity index (χ2v) is 17.6. The van der Waals surface area contributed by atoms with Gasteiger partial charge < -0.3 is 26.9 Å². The number of rotatable bonds is 15. The number of aryl methyl sites for hydroxylation is 4. The largest absolute Gasteiger partial charge is 0.454 e. The maximum absolute atomic E-state index is 12.6. The molecule has 66 heavy (non-hydrogen) atoms. The van der Waals surface area contributed by atoms with Crippen LogP contribution in [-0.2, 0) is 110 Å². The number of aromatic nitrogens is 8. The number of unbranched alkanes of at least 4 members (excludes halogenated alkanes) is 2. The fourth-order valence-corrected chi connectivity index (χ4v) is 7.59. The van der Waals surface area contributed by atoms with Gasteiger partial charge in [-0.15, -0.1) is 0 Å². The SMILES string of the molecule is CCCCOC(=O)Cl.CCCCOC(=O)NS(=O)(=O)c1cccc(-c2nc3c(CCC)nn(C)c3c(=O)[nH]2)c1.CCCc1nn(C)c2c(=O)[nH]c(-c3cccc(S(N)(=O)=O)c3)nc12.[CH3-].[W].[Y]. The fourth-order valence-electron chi connectivity index (χ4n) is 6.01. The van der Waals surface area contributed by atoms with Crippen LogP contribution in [0.4, 0.5) is 9.59 Å². The Morgan fingerprint density at radius 1 is 0.727 bits per heavy atom.